The molecule has 2 N–H and O–H groups in total. The summed E-state index contributed by atoms with van der Waals surface area (Å²) >= 11 is 0. The van der Waals surface area contributed by atoms with Crippen molar-refractivity contribution in [1.29, 1.82) is 0 Å². The van der Waals surface area contributed by atoms with E-state index in [-0.39, 0.29) is 11.5 Å². The topological polar surface area (TPSA) is 66.8 Å². The molecule has 0 heterocycles. The predicted molar refractivity (Wildman–Crippen MR) is 71.5 cm³/mol. The lowest BCUT2D eigenvalue weighted by molar-refractivity contribution is -0.274. The lowest BCUT2D eigenvalue weighted by Gasteiger charge is -2.30. The van der Waals surface area contributed by atoms with E-state index in [1.54, 1.807) is 0 Å². The Labute approximate surface area is 125 Å². The van der Waals surface area contributed by atoms with Crippen LogP contribution in [0.1, 0.15) is 37.7 Å². The summed E-state index contributed by atoms with van der Waals surface area (Å²) < 4.78 is 40.6. The fourth-order valence-electron chi connectivity index (χ4n) is 3.14. The summed E-state index contributed by atoms with van der Waals surface area (Å²) in [5.74, 6) is -2.87. The molecule has 0 saturated heterocycles. The van der Waals surface area contributed by atoms with E-state index in [1.165, 1.54) is 12.1 Å². The fraction of sp³-hybridized carbons (Fsp3) is 0.533. The number of carboxylic acids is 1. The van der Waals surface area contributed by atoms with Crippen molar-refractivity contribution in [2.45, 2.75) is 44.1 Å². The average molecular weight is 318 g/mol. The number of ether oxygens (including phenoxy) is 1. The lowest BCUT2D eigenvalue weighted by Crippen LogP contribution is -2.38. The molecular formula is C15H17F3O4. The molecule has 7 heteroatoms. The van der Waals surface area contributed by atoms with Gasteiger partial charge in [0.2, 0.25) is 0 Å². The van der Waals surface area contributed by atoms with E-state index in [0.29, 0.717) is 19.3 Å². The first-order chi connectivity index (χ1) is 10.1. The maximum Gasteiger partial charge on any atom is 0.573 e. The molecule has 0 amide bonds. The Balaban J connectivity index is 2.34. The molecular weight excluding hydrogens is 301 g/mol. The molecule has 0 aliphatic heterocycles. The predicted octanol–water partition coefficient (Wildman–Crippen LogP) is 3.30. The first-order valence-corrected chi connectivity index (χ1v) is 6.91. The molecule has 0 bridgehead atoms. The van der Waals surface area contributed by atoms with Gasteiger partial charge in [0.1, 0.15) is 11.7 Å². The Bertz CT molecular complexity index is 558. The van der Waals surface area contributed by atoms with Gasteiger partial charge in [-0.2, -0.15) is 0 Å². The van der Waals surface area contributed by atoms with E-state index in [2.05, 4.69) is 4.74 Å². The number of alkyl halides is 3. The van der Waals surface area contributed by atoms with Crippen molar-refractivity contribution in [2.24, 2.45) is 5.92 Å². The van der Waals surface area contributed by atoms with Crippen molar-refractivity contribution >= 4 is 5.97 Å². The van der Waals surface area contributed by atoms with Gasteiger partial charge in [0.15, 0.2) is 0 Å². The third-order valence-electron chi connectivity index (χ3n) is 3.98. The van der Waals surface area contributed by atoms with Crippen LogP contribution in [0.15, 0.2) is 24.3 Å². The third kappa shape index (κ3) is 3.71. The number of carbonyl (C=O) groups is 1. The third-order valence-corrected chi connectivity index (χ3v) is 3.98. The number of halogens is 3. The molecule has 122 valence electrons. The first-order valence-electron chi connectivity index (χ1n) is 6.91. The van der Waals surface area contributed by atoms with Crippen LogP contribution in [0.4, 0.5) is 13.2 Å². The Hall–Kier alpha value is -1.76. The average Bonchev–Trinajstić information content (AvgIpc) is 2.67. The molecule has 2 rings (SSSR count). The summed E-state index contributed by atoms with van der Waals surface area (Å²) in [5.41, 5.74) is -1.35. The standard InChI is InChI=1S/C15H17F3O4/c1-9-5-6-14(21,8-9)12(13(19)20)10-3-2-4-11(7-10)22-15(16,17)18/h2-4,7,9,12,21H,5-6,8H2,1H3,(H,19,20)/t9-,12?,14?/m1/s1. The minimum atomic E-state index is -4.85. The highest BCUT2D eigenvalue weighted by Gasteiger charge is 2.47. The van der Waals surface area contributed by atoms with Crippen molar-refractivity contribution in [3.63, 3.8) is 0 Å². The molecule has 1 aliphatic carbocycles. The van der Waals surface area contributed by atoms with Gasteiger partial charge in [0.05, 0.1) is 5.60 Å². The Morgan fingerprint density at radius 3 is 2.64 bits per heavy atom. The van der Waals surface area contributed by atoms with Gasteiger partial charge in [-0.3, -0.25) is 4.79 Å². The molecule has 0 aromatic heterocycles. The smallest absolute Gasteiger partial charge is 0.481 e. The highest BCUT2D eigenvalue weighted by molar-refractivity contribution is 5.78. The number of aliphatic carboxylic acids is 1. The molecule has 2 unspecified atom stereocenters. The van der Waals surface area contributed by atoms with Gasteiger partial charge in [0, 0.05) is 0 Å². The molecule has 1 aromatic carbocycles. The van der Waals surface area contributed by atoms with Gasteiger partial charge < -0.3 is 14.9 Å². The molecule has 4 nitrogen and oxygen atoms in total. The van der Waals surface area contributed by atoms with Crippen LogP contribution in [0.2, 0.25) is 0 Å². The maximum atomic E-state index is 12.3. The second-order valence-electron chi connectivity index (χ2n) is 5.84. The number of aliphatic hydroxyl groups is 1. The SMILES string of the molecule is C[C@@H]1CCC(O)(C(C(=O)O)c2cccc(OC(F)(F)F)c2)C1. The normalized spacial score (nSPS) is 26.7. The van der Waals surface area contributed by atoms with Crippen molar-refractivity contribution in [1.82, 2.24) is 0 Å². The van der Waals surface area contributed by atoms with E-state index in [1.807, 2.05) is 6.92 Å². The molecule has 1 fully saturated rings. The monoisotopic (exact) mass is 318 g/mol. The second kappa shape index (κ2) is 5.79. The fourth-order valence-corrected chi connectivity index (χ4v) is 3.14. The van der Waals surface area contributed by atoms with Gasteiger partial charge in [-0.05, 0) is 42.9 Å². The molecule has 1 aromatic rings. The number of carboxylic acid groups (broad SMARTS) is 1. The molecule has 1 aliphatic rings. The van der Waals surface area contributed by atoms with Gasteiger partial charge in [0.25, 0.3) is 0 Å². The van der Waals surface area contributed by atoms with E-state index < -0.39 is 29.6 Å². The summed E-state index contributed by atoms with van der Waals surface area (Å²) in [6.07, 6.45) is -3.57. The molecule has 1 saturated carbocycles. The molecule has 3 atom stereocenters. The van der Waals surface area contributed by atoms with Crippen LogP contribution >= 0.6 is 0 Å². The zero-order valence-electron chi connectivity index (χ0n) is 11.9. The van der Waals surface area contributed by atoms with Crippen LogP contribution < -0.4 is 4.74 Å². The number of hydrogen-bond donors (Lipinski definition) is 2. The van der Waals surface area contributed by atoms with Gasteiger partial charge in [-0.25, -0.2) is 0 Å². The quantitative estimate of drug-likeness (QED) is 0.894. The van der Waals surface area contributed by atoms with Crippen LogP contribution in [-0.2, 0) is 4.79 Å². The zero-order chi connectivity index (χ0) is 16.5. The number of rotatable bonds is 4. The minimum Gasteiger partial charge on any atom is -0.481 e. The van der Waals surface area contributed by atoms with Gasteiger partial charge in [-0.1, -0.05) is 19.1 Å². The van der Waals surface area contributed by atoms with Crippen LogP contribution in [0.3, 0.4) is 0 Å². The highest BCUT2D eigenvalue weighted by Crippen LogP contribution is 2.44. The van der Waals surface area contributed by atoms with Crippen LogP contribution in [0.5, 0.6) is 5.75 Å². The van der Waals surface area contributed by atoms with Crippen molar-refractivity contribution in [2.75, 3.05) is 0 Å². The summed E-state index contributed by atoms with van der Waals surface area (Å²) in [6, 6.07) is 4.79. The zero-order valence-corrected chi connectivity index (χ0v) is 11.9. The van der Waals surface area contributed by atoms with Crippen molar-refractivity contribution < 1.29 is 32.9 Å². The van der Waals surface area contributed by atoms with E-state index in [9.17, 15) is 28.2 Å². The van der Waals surface area contributed by atoms with Crippen LogP contribution in [-0.4, -0.2) is 28.1 Å². The van der Waals surface area contributed by atoms with Crippen LogP contribution in [0, 0.1) is 5.92 Å². The maximum absolute atomic E-state index is 12.3. The highest BCUT2D eigenvalue weighted by atomic mass is 19.4. The lowest BCUT2D eigenvalue weighted by atomic mass is 9.80. The van der Waals surface area contributed by atoms with E-state index in [0.717, 1.165) is 12.1 Å². The van der Waals surface area contributed by atoms with Crippen LogP contribution in [0.25, 0.3) is 0 Å². The molecule has 0 radical (unpaired) electrons. The Morgan fingerprint density at radius 2 is 2.14 bits per heavy atom. The first kappa shape index (κ1) is 16.6. The van der Waals surface area contributed by atoms with Gasteiger partial charge >= 0.3 is 12.3 Å². The molecule has 0 spiro atoms. The number of benzene rings is 1. The second-order valence-corrected chi connectivity index (χ2v) is 5.84. The Kier molecular flexibility index (Phi) is 4.37. The van der Waals surface area contributed by atoms with Crippen molar-refractivity contribution in [3.05, 3.63) is 29.8 Å². The summed E-state index contributed by atoms with van der Waals surface area (Å²) in [5, 5.41) is 20.1. The van der Waals surface area contributed by atoms with Crippen molar-refractivity contribution in [3.8, 4) is 5.75 Å². The Morgan fingerprint density at radius 1 is 1.45 bits per heavy atom. The minimum absolute atomic E-state index is 0.103. The van der Waals surface area contributed by atoms with E-state index in [4.69, 9.17) is 0 Å². The van der Waals surface area contributed by atoms with E-state index >= 15 is 0 Å². The molecule has 22 heavy (non-hydrogen) atoms. The summed E-state index contributed by atoms with van der Waals surface area (Å²) in [4.78, 5) is 11.6. The summed E-state index contributed by atoms with van der Waals surface area (Å²) in [7, 11) is 0. The van der Waals surface area contributed by atoms with Gasteiger partial charge in [-0.15, -0.1) is 13.2 Å². The summed E-state index contributed by atoms with van der Waals surface area (Å²) in [6.45, 7) is 1.90. The number of hydrogen-bond acceptors (Lipinski definition) is 3. The largest absolute Gasteiger partial charge is 0.573 e.